The summed E-state index contributed by atoms with van der Waals surface area (Å²) in [6.45, 7) is 5.64. The van der Waals surface area contributed by atoms with Crippen molar-refractivity contribution in [2.45, 2.75) is 27.4 Å². The Morgan fingerprint density at radius 3 is 2.39 bits per heavy atom. The molecule has 0 saturated carbocycles. The van der Waals surface area contributed by atoms with Crippen molar-refractivity contribution < 1.29 is 14.5 Å². The molecular formula is C20H19N3O4S. The largest absolute Gasteiger partial charge is 0.487 e. The molecule has 0 saturated heterocycles. The summed E-state index contributed by atoms with van der Waals surface area (Å²) in [5.41, 5.74) is 3.51. The van der Waals surface area contributed by atoms with Gasteiger partial charge in [0.2, 0.25) is 5.91 Å². The fourth-order valence-electron chi connectivity index (χ4n) is 2.83. The van der Waals surface area contributed by atoms with Crippen LogP contribution in [0.2, 0.25) is 0 Å². The molecule has 0 spiro atoms. The second-order valence-electron chi connectivity index (χ2n) is 6.26. The summed E-state index contributed by atoms with van der Waals surface area (Å²) in [4.78, 5) is 28.7. The first-order valence-electron chi connectivity index (χ1n) is 8.55. The lowest BCUT2D eigenvalue weighted by Crippen LogP contribution is -2.24. The molecule has 0 unspecified atom stereocenters. The molecule has 0 fully saturated rings. The van der Waals surface area contributed by atoms with Gasteiger partial charge in [0.15, 0.2) is 5.13 Å². The van der Waals surface area contributed by atoms with Crippen molar-refractivity contribution in [1.29, 1.82) is 0 Å². The molecule has 144 valence electrons. The number of nitro groups is 1. The zero-order valence-corrected chi connectivity index (χ0v) is 16.5. The van der Waals surface area contributed by atoms with E-state index in [0.717, 1.165) is 16.8 Å². The molecule has 0 atom stereocenters. The fourth-order valence-corrected chi connectivity index (χ4v) is 3.69. The number of ether oxygens (including phenoxy) is 1. The standard InChI is InChI=1S/C20H19N3O4S/c1-13-5-4-6-14(2)19(13)22(15(3)24)20-21-16(12-28-20)11-27-18-9-7-17(8-10-18)23(25)26/h4-10,12H,11H2,1-3H3. The van der Waals surface area contributed by atoms with E-state index in [9.17, 15) is 14.9 Å². The van der Waals surface area contributed by atoms with Gasteiger partial charge < -0.3 is 4.74 Å². The first kappa shape index (κ1) is 19.5. The molecule has 8 heteroatoms. The Bertz CT molecular complexity index is 994. The number of non-ortho nitro benzene ring substituents is 1. The van der Waals surface area contributed by atoms with Crippen LogP contribution in [-0.4, -0.2) is 15.8 Å². The van der Waals surface area contributed by atoms with Crippen molar-refractivity contribution in [3.63, 3.8) is 0 Å². The molecular weight excluding hydrogens is 378 g/mol. The number of nitrogens with zero attached hydrogens (tertiary/aromatic N) is 3. The first-order chi connectivity index (χ1) is 13.4. The van der Waals surface area contributed by atoms with E-state index in [1.54, 1.807) is 17.0 Å². The maximum absolute atomic E-state index is 12.3. The number of para-hydroxylation sites is 1. The summed E-state index contributed by atoms with van der Waals surface area (Å²) in [7, 11) is 0. The van der Waals surface area contributed by atoms with Crippen molar-refractivity contribution in [2.24, 2.45) is 0 Å². The molecule has 0 aliphatic heterocycles. The quantitative estimate of drug-likeness (QED) is 0.435. The monoisotopic (exact) mass is 397 g/mol. The van der Waals surface area contributed by atoms with Crippen molar-refractivity contribution in [3.8, 4) is 5.75 Å². The van der Waals surface area contributed by atoms with Crippen molar-refractivity contribution in [2.75, 3.05) is 4.90 Å². The van der Waals surface area contributed by atoms with Crippen LogP contribution in [0.15, 0.2) is 47.8 Å². The van der Waals surface area contributed by atoms with Crippen molar-refractivity contribution in [3.05, 3.63) is 74.8 Å². The number of aromatic nitrogens is 1. The number of carbonyl (C=O) groups excluding carboxylic acids is 1. The van der Waals surface area contributed by atoms with Crippen LogP contribution >= 0.6 is 11.3 Å². The van der Waals surface area contributed by atoms with Crippen LogP contribution in [-0.2, 0) is 11.4 Å². The minimum atomic E-state index is -0.458. The molecule has 1 amide bonds. The highest BCUT2D eigenvalue weighted by atomic mass is 32.1. The number of aryl methyl sites for hydroxylation is 2. The van der Waals surface area contributed by atoms with Crippen LogP contribution in [0.4, 0.5) is 16.5 Å². The van der Waals surface area contributed by atoms with Crippen molar-refractivity contribution in [1.82, 2.24) is 4.98 Å². The SMILES string of the molecule is CC(=O)N(c1nc(COc2ccc([N+](=O)[O-])cc2)cs1)c1c(C)cccc1C. The topological polar surface area (TPSA) is 85.6 Å². The Balaban J connectivity index is 1.78. The minimum Gasteiger partial charge on any atom is -0.487 e. The van der Waals surface area contributed by atoms with Gasteiger partial charge in [-0.3, -0.25) is 19.8 Å². The van der Waals surface area contributed by atoms with E-state index in [2.05, 4.69) is 4.98 Å². The second kappa shape index (κ2) is 8.18. The predicted octanol–water partition coefficient (Wildman–Crippen LogP) is 4.93. The third-order valence-electron chi connectivity index (χ3n) is 4.14. The highest BCUT2D eigenvalue weighted by molar-refractivity contribution is 7.14. The molecule has 2 aromatic carbocycles. The van der Waals surface area contributed by atoms with E-state index >= 15 is 0 Å². The number of hydrogen-bond acceptors (Lipinski definition) is 6. The van der Waals surface area contributed by atoms with E-state index in [-0.39, 0.29) is 18.2 Å². The number of rotatable bonds is 6. The number of anilines is 2. The first-order valence-corrected chi connectivity index (χ1v) is 9.43. The highest BCUT2D eigenvalue weighted by Gasteiger charge is 2.21. The number of thiazole rings is 1. The van der Waals surface area contributed by atoms with Crippen LogP contribution in [0.5, 0.6) is 5.75 Å². The number of hydrogen-bond donors (Lipinski definition) is 0. The molecule has 28 heavy (non-hydrogen) atoms. The van der Waals surface area contributed by atoms with Gasteiger partial charge in [-0.1, -0.05) is 18.2 Å². The average Bonchev–Trinajstić information content (AvgIpc) is 3.11. The lowest BCUT2D eigenvalue weighted by molar-refractivity contribution is -0.384. The molecule has 3 rings (SSSR count). The van der Waals surface area contributed by atoms with E-state index in [0.29, 0.717) is 16.6 Å². The summed E-state index contributed by atoms with van der Waals surface area (Å²) in [6, 6.07) is 11.8. The maximum Gasteiger partial charge on any atom is 0.269 e. The van der Waals surface area contributed by atoms with Gasteiger partial charge in [0, 0.05) is 24.4 Å². The third kappa shape index (κ3) is 4.17. The minimum absolute atomic E-state index is 0.00833. The van der Waals surface area contributed by atoms with Gasteiger partial charge in [-0.25, -0.2) is 4.98 Å². The third-order valence-corrected chi connectivity index (χ3v) is 5.02. The van der Waals surface area contributed by atoms with Crippen LogP contribution < -0.4 is 9.64 Å². The molecule has 0 aliphatic carbocycles. The predicted molar refractivity (Wildman–Crippen MR) is 108 cm³/mol. The van der Waals surface area contributed by atoms with Crippen LogP contribution in [0.25, 0.3) is 0 Å². The smallest absolute Gasteiger partial charge is 0.269 e. The molecule has 7 nitrogen and oxygen atoms in total. The van der Waals surface area contributed by atoms with Gasteiger partial charge in [0.1, 0.15) is 12.4 Å². The Hall–Kier alpha value is -3.26. The molecule has 0 N–H and O–H groups in total. The zero-order valence-electron chi connectivity index (χ0n) is 15.7. The Morgan fingerprint density at radius 2 is 1.82 bits per heavy atom. The van der Waals surface area contributed by atoms with Gasteiger partial charge in [0.25, 0.3) is 5.69 Å². The average molecular weight is 397 g/mol. The van der Waals surface area contributed by atoms with Gasteiger partial charge in [-0.05, 0) is 37.1 Å². The van der Waals surface area contributed by atoms with E-state index in [1.807, 2.05) is 37.4 Å². The van der Waals surface area contributed by atoms with E-state index in [1.165, 1.54) is 30.4 Å². The fraction of sp³-hybridized carbons (Fsp3) is 0.200. The van der Waals surface area contributed by atoms with E-state index < -0.39 is 4.92 Å². The van der Waals surface area contributed by atoms with Gasteiger partial charge in [-0.2, -0.15) is 0 Å². The lowest BCUT2D eigenvalue weighted by atomic mass is 10.1. The lowest BCUT2D eigenvalue weighted by Gasteiger charge is -2.22. The zero-order chi connectivity index (χ0) is 20.3. The summed E-state index contributed by atoms with van der Waals surface area (Å²) in [6.07, 6.45) is 0. The Kier molecular flexibility index (Phi) is 5.70. The number of carbonyl (C=O) groups is 1. The van der Waals surface area contributed by atoms with Crippen LogP contribution in [0.3, 0.4) is 0 Å². The van der Waals surface area contributed by atoms with E-state index in [4.69, 9.17) is 4.74 Å². The van der Waals surface area contributed by atoms with Crippen LogP contribution in [0, 0.1) is 24.0 Å². The van der Waals surface area contributed by atoms with Gasteiger partial charge in [-0.15, -0.1) is 11.3 Å². The van der Waals surface area contributed by atoms with Crippen molar-refractivity contribution >= 4 is 33.8 Å². The highest BCUT2D eigenvalue weighted by Crippen LogP contribution is 2.34. The van der Waals surface area contributed by atoms with Crippen LogP contribution in [0.1, 0.15) is 23.7 Å². The molecule has 0 radical (unpaired) electrons. The molecule has 3 aromatic rings. The molecule has 1 aromatic heterocycles. The summed E-state index contributed by atoms with van der Waals surface area (Å²) in [5.74, 6) is 0.396. The second-order valence-corrected chi connectivity index (χ2v) is 7.09. The maximum atomic E-state index is 12.3. The Labute approximate surface area is 166 Å². The molecule has 1 heterocycles. The summed E-state index contributed by atoms with van der Waals surface area (Å²) in [5, 5.41) is 13.1. The molecule has 0 bridgehead atoms. The Morgan fingerprint density at radius 1 is 1.18 bits per heavy atom. The van der Waals surface area contributed by atoms with Gasteiger partial charge in [0.05, 0.1) is 16.3 Å². The van der Waals surface area contributed by atoms with Gasteiger partial charge >= 0.3 is 0 Å². The summed E-state index contributed by atoms with van der Waals surface area (Å²) >= 11 is 1.36. The number of amides is 1. The number of nitro benzene ring substituents is 1. The number of benzene rings is 2. The molecule has 0 aliphatic rings. The normalized spacial score (nSPS) is 10.5. The summed E-state index contributed by atoms with van der Waals surface area (Å²) < 4.78 is 5.65.